The van der Waals surface area contributed by atoms with Gasteiger partial charge in [0.25, 0.3) is 0 Å². The van der Waals surface area contributed by atoms with Crippen molar-refractivity contribution in [3.8, 4) is 5.75 Å². The normalized spacial score (nSPS) is 13.5. The lowest BCUT2D eigenvalue weighted by atomic mass is 9.96. The molecule has 2 aromatic carbocycles. The van der Waals surface area contributed by atoms with E-state index in [2.05, 4.69) is 0 Å². The lowest BCUT2D eigenvalue weighted by Gasteiger charge is -2.19. The van der Waals surface area contributed by atoms with E-state index >= 15 is 0 Å². The fourth-order valence-electron chi connectivity index (χ4n) is 2.19. The third kappa shape index (κ3) is 2.98. The standard InChI is InChI=1S/C14H14F3NO/c1-19-12-7-6-9-4-2-3-5-10(9)13(12)11(18)8-14(15,16)17/h2-7,11H,8,18H2,1H3/t11-/m0/s1. The molecular weight excluding hydrogens is 255 g/mol. The highest BCUT2D eigenvalue weighted by molar-refractivity contribution is 5.88. The van der Waals surface area contributed by atoms with Crippen molar-refractivity contribution in [1.82, 2.24) is 0 Å². The third-order valence-corrected chi connectivity index (χ3v) is 2.97. The van der Waals surface area contributed by atoms with Crippen LogP contribution in [0.25, 0.3) is 10.8 Å². The van der Waals surface area contributed by atoms with Crippen LogP contribution in [0.15, 0.2) is 36.4 Å². The van der Waals surface area contributed by atoms with E-state index in [1.54, 1.807) is 24.3 Å². The van der Waals surface area contributed by atoms with Gasteiger partial charge in [-0.2, -0.15) is 13.2 Å². The van der Waals surface area contributed by atoms with Crippen LogP contribution in [-0.4, -0.2) is 13.3 Å². The highest BCUT2D eigenvalue weighted by Crippen LogP contribution is 2.37. The Balaban J connectivity index is 2.55. The lowest BCUT2D eigenvalue weighted by Crippen LogP contribution is -2.21. The molecule has 0 spiro atoms. The number of alkyl halides is 3. The number of hydrogen-bond acceptors (Lipinski definition) is 2. The van der Waals surface area contributed by atoms with E-state index in [4.69, 9.17) is 10.5 Å². The van der Waals surface area contributed by atoms with Crippen molar-refractivity contribution in [2.24, 2.45) is 5.73 Å². The van der Waals surface area contributed by atoms with Crippen molar-refractivity contribution in [3.63, 3.8) is 0 Å². The number of nitrogens with two attached hydrogens (primary N) is 1. The van der Waals surface area contributed by atoms with Crippen molar-refractivity contribution in [1.29, 1.82) is 0 Å². The highest BCUT2D eigenvalue weighted by Gasteiger charge is 2.32. The second kappa shape index (κ2) is 5.09. The van der Waals surface area contributed by atoms with Crippen molar-refractivity contribution in [2.45, 2.75) is 18.6 Å². The summed E-state index contributed by atoms with van der Waals surface area (Å²) < 4.78 is 42.7. The Bertz CT molecular complexity index is 580. The molecule has 2 N–H and O–H groups in total. The number of ether oxygens (including phenoxy) is 1. The van der Waals surface area contributed by atoms with Gasteiger partial charge >= 0.3 is 6.18 Å². The zero-order valence-electron chi connectivity index (χ0n) is 10.4. The summed E-state index contributed by atoms with van der Waals surface area (Å²) >= 11 is 0. The summed E-state index contributed by atoms with van der Waals surface area (Å²) in [4.78, 5) is 0. The van der Waals surface area contributed by atoms with Crippen LogP contribution in [0.3, 0.4) is 0 Å². The molecule has 102 valence electrons. The van der Waals surface area contributed by atoms with Crippen LogP contribution in [-0.2, 0) is 0 Å². The van der Waals surface area contributed by atoms with Gasteiger partial charge in [-0.25, -0.2) is 0 Å². The molecule has 2 nitrogen and oxygen atoms in total. The van der Waals surface area contributed by atoms with Crippen LogP contribution in [0.2, 0.25) is 0 Å². The molecule has 0 saturated carbocycles. The first-order valence-electron chi connectivity index (χ1n) is 5.80. The van der Waals surface area contributed by atoms with E-state index < -0.39 is 18.6 Å². The van der Waals surface area contributed by atoms with E-state index in [0.29, 0.717) is 16.7 Å². The second-order valence-electron chi connectivity index (χ2n) is 4.33. The highest BCUT2D eigenvalue weighted by atomic mass is 19.4. The summed E-state index contributed by atoms with van der Waals surface area (Å²) in [6.45, 7) is 0. The van der Waals surface area contributed by atoms with E-state index in [0.717, 1.165) is 5.39 Å². The summed E-state index contributed by atoms with van der Waals surface area (Å²) in [5, 5.41) is 1.54. The van der Waals surface area contributed by atoms with Gasteiger partial charge in [0.15, 0.2) is 0 Å². The monoisotopic (exact) mass is 269 g/mol. The molecule has 2 aromatic rings. The van der Waals surface area contributed by atoms with Crippen molar-refractivity contribution < 1.29 is 17.9 Å². The molecular formula is C14H14F3NO. The largest absolute Gasteiger partial charge is 0.496 e. The second-order valence-corrected chi connectivity index (χ2v) is 4.33. The van der Waals surface area contributed by atoms with E-state index in [1.165, 1.54) is 7.11 Å². The van der Waals surface area contributed by atoms with Crippen molar-refractivity contribution in [3.05, 3.63) is 42.0 Å². The van der Waals surface area contributed by atoms with Gasteiger partial charge in [-0.1, -0.05) is 30.3 Å². The number of benzene rings is 2. The van der Waals surface area contributed by atoms with Gasteiger partial charge in [0.1, 0.15) is 5.75 Å². The molecule has 1 atom stereocenters. The zero-order chi connectivity index (χ0) is 14.0. The Morgan fingerprint density at radius 1 is 1.16 bits per heavy atom. The van der Waals surface area contributed by atoms with Crippen molar-refractivity contribution >= 4 is 10.8 Å². The van der Waals surface area contributed by atoms with E-state index in [-0.39, 0.29) is 0 Å². The van der Waals surface area contributed by atoms with Gasteiger partial charge in [-0.15, -0.1) is 0 Å². The SMILES string of the molecule is COc1ccc2ccccc2c1[C@@H](N)CC(F)(F)F. The van der Waals surface area contributed by atoms with Gasteiger partial charge in [0.05, 0.1) is 13.5 Å². The molecule has 0 amide bonds. The average molecular weight is 269 g/mol. The molecule has 0 radical (unpaired) electrons. The maximum Gasteiger partial charge on any atom is 0.390 e. The number of fused-ring (bicyclic) bond motifs is 1. The third-order valence-electron chi connectivity index (χ3n) is 2.97. The van der Waals surface area contributed by atoms with Crippen LogP contribution in [0.5, 0.6) is 5.75 Å². The van der Waals surface area contributed by atoms with Crippen LogP contribution >= 0.6 is 0 Å². The minimum atomic E-state index is -4.30. The topological polar surface area (TPSA) is 35.2 Å². The number of methoxy groups -OCH3 is 1. The smallest absolute Gasteiger partial charge is 0.390 e. The number of halogens is 3. The molecule has 5 heteroatoms. The molecule has 0 aromatic heterocycles. The Morgan fingerprint density at radius 2 is 1.84 bits per heavy atom. The Kier molecular flexibility index (Phi) is 3.66. The zero-order valence-corrected chi connectivity index (χ0v) is 10.4. The maximum atomic E-state index is 12.5. The van der Waals surface area contributed by atoms with Gasteiger partial charge in [0, 0.05) is 11.6 Å². The molecule has 0 heterocycles. The number of hydrogen-bond donors (Lipinski definition) is 1. The molecule has 19 heavy (non-hydrogen) atoms. The summed E-state index contributed by atoms with van der Waals surface area (Å²) in [6.07, 6.45) is -5.38. The van der Waals surface area contributed by atoms with Crippen LogP contribution in [0.4, 0.5) is 13.2 Å². The van der Waals surface area contributed by atoms with Crippen LogP contribution < -0.4 is 10.5 Å². The summed E-state index contributed by atoms with van der Waals surface area (Å²) in [6, 6.07) is 9.49. The average Bonchev–Trinajstić information content (AvgIpc) is 2.35. The Hall–Kier alpha value is -1.75. The molecule has 0 aliphatic rings. The van der Waals surface area contributed by atoms with Gasteiger partial charge in [-0.05, 0) is 16.8 Å². The van der Waals surface area contributed by atoms with Gasteiger partial charge in [-0.3, -0.25) is 0 Å². The fraction of sp³-hybridized carbons (Fsp3) is 0.286. The minimum Gasteiger partial charge on any atom is -0.496 e. The van der Waals surface area contributed by atoms with Gasteiger partial charge < -0.3 is 10.5 Å². The maximum absolute atomic E-state index is 12.5. The molecule has 0 bridgehead atoms. The van der Waals surface area contributed by atoms with E-state index in [9.17, 15) is 13.2 Å². The quantitative estimate of drug-likeness (QED) is 0.919. The predicted molar refractivity (Wildman–Crippen MR) is 68.1 cm³/mol. The summed E-state index contributed by atoms with van der Waals surface area (Å²) in [5.74, 6) is 0.385. The van der Waals surface area contributed by atoms with Crippen molar-refractivity contribution in [2.75, 3.05) is 7.11 Å². The first-order valence-corrected chi connectivity index (χ1v) is 5.80. The molecule has 0 fully saturated rings. The van der Waals surface area contributed by atoms with E-state index in [1.807, 2.05) is 12.1 Å². The molecule has 0 aliphatic heterocycles. The molecule has 0 aliphatic carbocycles. The Morgan fingerprint density at radius 3 is 2.47 bits per heavy atom. The molecule has 0 unspecified atom stereocenters. The minimum absolute atomic E-state index is 0.385. The fourth-order valence-corrected chi connectivity index (χ4v) is 2.19. The summed E-state index contributed by atoms with van der Waals surface area (Å²) in [5.41, 5.74) is 6.12. The van der Waals surface area contributed by atoms with Gasteiger partial charge in [0.2, 0.25) is 0 Å². The molecule has 0 saturated heterocycles. The van der Waals surface area contributed by atoms with Crippen LogP contribution in [0, 0.1) is 0 Å². The Labute approximate surface area is 109 Å². The first-order chi connectivity index (χ1) is 8.92. The first kappa shape index (κ1) is 13.7. The van der Waals surface area contributed by atoms with Crippen LogP contribution in [0.1, 0.15) is 18.0 Å². The lowest BCUT2D eigenvalue weighted by molar-refractivity contribution is -0.138. The number of rotatable bonds is 3. The summed E-state index contributed by atoms with van der Waals surface area (Å²) in [7, 11) is 1.42. The predicted octanol–water partition coefficient (Wildman–Crippen LogP) is 3.80. The molecule has 2 rings (SSSR count).